The Labute approximate surface area is 141 Å². The van der Waals surface area contributed by atoms with Crippen molar-refractivity contribution in [2.75, 3.05) is 18.0 Å². The molecule has 2 unspecified atom stereocenters. The van der Waals surface area contributed by atoms with Crippen molar-refractivity contribution in [3.05, 3.63) is 42.0 Å². The van der Waals surface area contributed by atoms with E-state index in [0.29, 0.717) is 5.92 Å². The summed E-state index contributed by atoms with van der Waals surface area (Å²) in [4.78, 5) is 14.7. The van der Waals surface area contributed by atoms with E-state index in [4.69, 9.17) is 0 Å². The van der Waals surface area contributed by atoms with Gasteiger partial charge in [-0.25, -0.2) is 0 Å². The summed E-state index contributed by atoms with van der Waals surface area (Å²) in [6.45, 7) is 4.54. The van der Waals surface area contributed by atoms with E-state index in [0.717, 1.165) is 50.4 Å². The lowest BCUT2D eigenvalue weighted by Crippen LogP contribution is -2.46. The third-order valence-corrected chi connectivity index (χ3v) is 5.16. The fourth-order valence-corrected chi connectivity index (χ4v) is 3.73. The summed E-state index contributed by atoms with van der Waals surface area (Å²) in [5.41, 5.74) is 2.34. The molecule has 2 aliphatic heterocycles. The quantitative estimate of drug-likeness (QED) is 0.923. The topological polar surface area (TPSA) is 63.1 Å². The minimum atomic E-state index is -0.168. The molecule has 6 heteroatoms. The molecule has 2 aromatic rings. The van der Waals surface area contributed by atoms with Crippen molar-refractivity contribution in [3.63, 3.8) is 0 Å². The van der Waals surface area contributed by atoms with Crippen molar-refractivity contribution in [1.82, 2.24) is 20.1 Å². The maximum absolute atomic E-state index is 12.8. The Morgan fingerprint density at radius 3 is 3.17 bits per heavy atom. The monoisotopic (exact) mass is 325 g/mol. The molecule has 126 valence electrons. The highest BCUT2D eigenvalue weighted by Crippen LogP contribution is 2.28. The molecule has 6 nitrogen and oxygen atoms in total. The number of carbonyl (C=O) groups excluding carboxylic acids is 1. The maximum atomic E-state index is 12.8. The number of nitrogens with zero attached hydrogens (tertiary/aromatic N) is 4. The Kier molecular flexibility index (Phi) is 4.06. The molecule has 1 aromatic carbocycles. The predicted molar refractivity (Wildman–Crippen MR) is 91.8 cm³/mol. The van der Waals surface area contributed by atoms with Crippen LogP contribution in [0.15, 0.2) is 30.6 Å². The number of hydrogen-bond acceptors (Lipinski definition) is 4. The second kappa shape index (κ2) is 6.36. The van der Waals surface area contributed by atoms with E-state index in [-0.39, 0.29) is 11.9 Å². The first-order valence-electron chi connectivity index (χ1n) is 8.71. The third-order valence-electron chi connectivity index (χ3n) is 5.16. The van der Waals surface area contributed by atoms with Gasteiger partial charge in [-0.3, -0.25) is 4.79 Å². The molecule has 0 spiro atoms. The van der Waals surface area contributed by atoms with Gasteiger partial charge in [-0.05, 0) is 37.3 Å². The number of rotatable bonds is 4. The van der Waals surface area contributed by atoms with Crippen molar-refractivity contribution >= 4 is 11.6 Å². The normalized spacial score (nSPS) is 20.5. The molecule has 0 fully saturated rings. The zero-order chi connectivity index (χ0) is 16.5. The first-order valence-corrected chi connectivity index (χ1v) is 8.71. The Bertz CT molecular complexity index is 741. The summed E-state index contributed by atoms with van der Waals surface area (Å²) in [7, 11) is 0. The first kappa shape index (κ1) is 15.3. The Hall–Kier alpha value is -2.21. The van der Waals surface area contributed by atoms with Crippen LogP contribution in [0.5, 0.6) is 0 Å². The van der Waals surface area contributed by atoms with Gasteiger partial charge in [-0.15, -0.1) is 10.2 Å². The molecule has 0 saturated carbocycles. The lowest BCUT2D eigenvalue weighted by molar-refractivity contribution is -0.120. The van der Waals surface area contributed by atoms with Crippen LogP contribution in [0.3, 0.4) is 0 Å². The molecule has 3 heterocycles. The molecule has 4 rings (SSSR count). The van der Waals surface area contributed by atoms with E-state index >= 15 is 0 Å². The highest BCUT2D eigenvalue weighted by atomic mass is 16.2. The highest BCUT2D eigenvalue weighted by Gasteiger charge is 2.28. The SMILES string of the molecule is CC(NCC1CCc2nncn2C1)C(=O)N1CCc2ccccc21. The molecule has 0 saturated heterocycles. The molecule has 24 heavy (non-hydrogen) atoms. The van der Waals surface area contributed by atoms with Crippen LogP contribution < -0.4 is 10.2 Å². The van der Waals surface area contributed by atoms with Crippen molar-refractivity contribution in [2.45, 2.75) is 38.8 Å². The van der Waals surface area contributed by atoms with Crippen LogP contribution in [0.1, 0.15) is 24.7 Å². The summed E-state index contributed by atoms with van der Waals surface area (Å²) in [5, 5.41) is 11.5. The number of carbonyl (C=O) groups is 1. The van der Waals surface area contributed by atoms with Gasteiger partial charge < -0.3 is 14.8 Å². The molecule has 0 radical (unpaired) electrons. The van der Waals surface area contributed by atoms with Crippen LogP contribution >= 0.6 is 0 Å². The minimum absolute atomic E-state index is 0.167. The van der Waals surface area contributed by atoms with E-state index < -0.39 is 0 Å². The average molecular weight is 325 g/mol. The van der Waals surface area contributed by atoms with E-state index in [1.807, 2.05) is 30.0 Å². The number of nitrogens with one attached hydrogen (secondary N) is 1. The van der Waals surface area contributed by atoms with Crippen LogP contribution in [0, 0.1) is 5.92 Å². The second-order valence-corrected chi connectivity index (χ2v) is 6.80. The fraction of sp³-hybridized carbons (Fsp3) is 0.500. The van der Waals surface area contributed by atoms with Gasteiger partial charge in [0.25, 0.3) is 0 Å². The number of aryl methyl sites for hydroxylation is 1. The lowest BCUT2D eigenvalue weighted by atomic mass is 9.99. The number of amides is 1. The van der Waals surface area contributed by atoms with Gasteiger partial charge >= 0.3 is 0 Å². The summed E-state index contributed by atoms with van der Waals surface area (Å²) in [6, 6.07) is 8.03. The van der Waals surface area contributed by atoms with Gasteiger partial charge in [0.05, 0.1) is 6.04 Å². The zero-order valence-corrected chi connectivity index (χ0v) is 14.0. The van der Waals surface area contributed by atoms with Crippen LogP contribution in [0.25, 0.3) is 0 Å². The number of para-hydroxylation sites is 1. The largest absolute Gasteiger partial charge is 0.317 e. The molecule has 1 amide bonds. The molecule has 2 atom stereocenters. The van der Waals surface area contributed by atoms with Crippen LogP contribution in [-0.4, -0.2) is 39.8 Å². The third kappa shape index (κ3) is 2.82. The van der Waals surface area contributed by atoms with Gasteiger partial charge in [0, 0.05) is 31.7 Å². The van der Waals surface area contributed by atoms with Crippen LogP contribution in [0.4, 0.5) is 5.69 Å². The van der Waals surface area contributed by atoms with Crippen molar-refractivity contribution in [1.29, 1.82) is 0 Å². The average Bonchev–Trinajstić information content (AvgIpc) is 3.25. The van der Waals surface area contributed by atoms with Gasteiger partial charge in [0.1, 0.15) is 12.2 Å². The van der Waals surface area contributed by atoms with E-state index in [1.54, 1.807) is 6.33 Å². The molecular formula is C18H23N5O. The van der Waals surface area contributed by atoms with Crippen molar-refractivity contribution in [2.24, 2.45) is 5.92 Å². The van der Waals surface area contributed by atoms with Gasteiger partial charge in [-0.2, -0.15) is 0 Å². The Balaban J connectivity index is 1.34. The van der Waals surface area contributed by atoms with E-state index in [1.165, 1.54) is 5.56 Å². The number of aromatic nitrogens is 3. The Morgan fingerprint density at radius 1 is 1.38 bits per heavy atom. The number of benzene rings is 1. The second-order valence-electron chi connectivity index (χ2n) is 6.80. The lowest BCUT2D eigenvalue weighted by Gasteiger charge is -2.26. The summed E-state index contributed by atoms with van der Waals surface area (Å²) < 4.78 is 2.12. The summed E-state index contributed by atoms with van der Waals surface area (Å²) >= 11 is 0. The summed E-state index contributed by atoms with van der Waals surface area (Å²) in [6.07, 6.45) is 4.82. The smallest absolute Gasteiger partial charge is 0.243 e. The van der Waals surface area contributed by atoms with Gasteiger partial charge in [0.2, 0.25) is 5.91 Å². The Morgan fingerprint density at radius 2 is 2.25 bits per heavy atom. The molecular weight excluding hydrogens is 302 g/mol. The van der Waals surface area contributed by atoms with Gasteiger partial charge in [-0.1, -0.05) is 18.2 Å². The molecule has 0 bridgehead atoms. The van der Waals surface area contributed by atoms with Crippen LogP contribution in [0.2, 0.25) is 0 Å². The van der Waals surface area contributed by atoms with E-state index in [2.05, 4.69) is 26.1 Å². The number of anilines is 1. The minimum Gasteiger partial charge on any atom is -0.317 e. The van der Waals surface area contributed by atoms with Gasteiger partial charge in [0.15, 0.2) is 0 Å². The van der Waals surface area contributed by atoms with Crippen molar-refractivity contribution < 1.29 is 4.79 Å². The number of hydrogen-bond donors (Lipinski definition) is 1. The summed E-state index contributed by atoms with van der Waals surface area (Å²) in [5.74, 6) is 1.76. The highest BCUT2D eigenvalue weighted by molar-refractivity contribution is 5.98. The van der Waals surface area contributed by atoms with Crippen LogP contribution in [-0.2, 0) is 24.2 Å². The molecule has 2 aliphatic rings. The first-order chi connectivity index (χ1) is 11.7. The molecule has 1 aromatic heterocycles. The predicted octanol–water partition coefficient (Wildman–Crippen LogP) is 1.41. The van der Waals surface area contributed by atoms with E-state index in [9.17, 15) is 4.79 Å². The maximum Gasteiger partial charge on any atom is 0.243 e. The number of fused-ring (bicyclic) bond motifs is 2. The fourth-order valence-electron chi connectivity index (χ4n) is 3.73. The standard InChI is InChI=1S/C18H23N5O/c1-13(18(24)23-9-8-15-4-2-3-5-16(15)23)19-10-14-6-7-17-21-20-12-22(17)11-14/h2-5,12-14,19H,6-11H2,1H3. The molecule has 0 aliphatic carbocycles. The molecule has 1 N–H and O–H groups in total. The zero-order valence-electron chi connectivity index (χ0n) is 14.0. The van der Waals surface area contributed by atoms with Crippen molar-refractivity contribution in [3.8, 4) is 0 Å².